The highest BCUT2D eigenvalue weighted by molar-refractivity contribution is 5.98. The number of nitriles is 1. The van der Waals surface area contributed by atoms with Crippen molar-refractivity contribution in [2.24, 2.45) is 5.92 Å². The van der Waals surface area contributed by atoms with Gasteiger partial charge in [0, 0.05) is 12.7 Å². The molecule has 0 bridgehead atoms. The molecule has 1 aromatic carbocycles. The number of nitrogens with one attached hydrogen (secondary N) is 1. The van der Waals surface area contributed by atoms with Crippen molar-refractivity contribution in [2.75, 3.05) is 11.9 Å². The van der Waals surface area contributed by atoms with E-state index in [0.717, 1.165) is 19.3 Å². The third kappa shape index (κ3) is 4.76. The van der Waals surface area contributed by atoms with Gasteiger partial charge in [-0.05, 0) is 57.6 Å². The van der Waals surface area contributed by atoms with Gasteiger partial charge in [-0.25, -0.2) is 0 Å². The zero-order valence-electron chi connectivity index (χ0n) is 16.3. The SMILES string of the molecule is CCO[C@]1(C(=O)Nc2ccc(O[C@@H](C)CC)cc2C#N)CCC[C@@H](C)C1. The molecule has 1 fully saturated rings. The Kier molecular flexibility index (Phi) is 7.05. The molecular weight excluding hydrogens is 328 g/mol. The average molecular weight is 358 g/mol. The minimum absolute atomic E-state index is 0.0759. The van der Waals surface area contributed by atoms with Crippen molar-refractivity contribution in [1.29, 1.82) is 5.26 Å². The highest BCUT2D eigenvalue weighted by atomic mass is 16.5. The highest BCUT2D eigenvalue weighted by Gasteiger charge is 2.42. The van der Waals surface area contributed by atoms with Gasteiger partial charge in [0.25, 0.3) is 5.91 Å². The maximum absolute atomic E-state index is 13.0. The molecule has 0 spiro atoms. The number of carbonyl (C=O) groups excluding carboxylic acids is 1. The number of rotatable bonds is 7. The summed E-state index contributed by atoms with van der Waals surface area (Å²) in [6.07, 6.45) is 4.48. The quantitative estimate of drug-likeness (QED) is 0.769. The Balaban J connectivity index is 2.20. The largest absolute Gasteiger partial charge is 0.491 e. The molecule has 1 saturated carbocycles. The minimum Gasteiger partial charge on any atom is -0.491 e. The fourth-order valence-corrected chi connectivity index (χ4v) is 3.53. The van der Waals surface area contributed by atoms with Crippen molar-refractivity contribution in [3.05, 3.63) is 23.8 Å². The minimum atomic E-state index is -0.801. The fourth-order valence-electron chi connectivity index (χ4n) is 3.53. The molecule has 0 saturated heterocycles. The molecule has 5 heteroatoms. The van der Waals surface area contributed by atoms with Crippen LogP contribution < -0.4 is 10.1 Å². The van der Waals surface area contributed by atoms with E-state index in [-0.39, 0.29) is 12.0 Å². The number of amides is 1. The van der Waals surface area contributed by atoms with Gasteiger partial charge in [-0.3, -0.25) is 4.79 Å². The molecule has 1 amide bonds. The lowest BCUT2D eigenvalue weighted by Crippen LogP contribution is -2.48. The smallest absolute Gasteiger partial charge is 0.256 e. The monoisotopic (exact) mass is 358 g/mol. The molecule has 1 aliphatic rings. The molecule has 0 unspecified atom stereocenters. The highest BCUT2D eigenvalue weighted by Crippen LogP contribution is 2.36. The van der Waals surface area contributed by atoms with Crippen molar-refractivity contribution in [3.8, 4) is 11.8 Å². The molecule has 142 valence electrons. The molecular formula is C21H30N2O3. The van der Waals surface area contributed by atoms with Gasteiger partial charge in [0.1, 0.15) is 17.4 Å². The van der Waals surface area contributed by atoms with Gasteiger partial charge in [0.2, 0.25) is 0 Å². The molecule has 1 aromatic rings. The van der Waals surface area contributed by atoms with E-state index < -0.39 is 5.60 Å². The van der Waals surface area contributed by atoms with Gasteiger partial charge in [-0.15, -0.1) is 0 Å². The van der Waals surface area contributed by atoms with E-state index in [2.05, 4.69) is 18.3 Å². The molecule has 0 radical (unpaired) electrons. The number of benzene rings is 1. The average Bonchev–Trinajstić information content (AvgIpc) is 2.62. The number of carbonyl (C=O) groups is 1. The van der Waals surface area contributed by atoms with Crippen molar-refractivity contribution in [1.82, 2.24) is 0 Å². The van der Waals surface area contributed by atoms with Crippen molar-refractivity contribution in [2.45, 2.75) is 71.5 Å². The number of nitrogens with zero attached hydrogens (tertiary/aromatic N) is 1. The van der Waals surface area contributed by atoms with Gasteiger partial charge >= 0.3 is 0 Å². The summed E-state index contributed by atoms with van der Waals surface area (Å²) in [4.78, 5) is 13.0. The summed E-state index contributed by atoms with van der Waals surface area (Å²) < 4.78 is 11.7. The summed E-state index contributed by atoms with van der Waals surface area (Å²) >= 11 is 0. The van der Waals surface area contributed by atoms with Crippen LogP contribution in [-0.4, -0.2) is 24.2 Å². The zero-order valence-corrected chi connectivity index (χ0v) is 16.3. The van der Waals surface area contributed by atoms with Gasteiger partial charge < -0.3 is 14.8 Å². The number of hydrogen-bond acceptors (Lipinski definition) is 4. The first-order valence-corrected chi connectivity index (χ1v) is 9.60. The van der Waals surface area contributed by atoms with Gasteiger partial charge in [-0.2, -0.15) is 5.26 Å². The third-order valence-corrected chi connectivity index (χ3v) is 5.06. The molecule has 0 aliphatic heterocycles. The van der Waals surface area contributed by atoms with Crippen LogP contribution in [0.3, 0.4) is 0 Å². The molecule has 1 aliphatic carbocycles. The maximum Gasteiger partial charge on any atom is 0.256 e. The lowest BCUT2D eigenvalue weighted by atomic mass is 9.78. The predicted molar refractivity (Wildman–Crippen MR) is 102 cm³/mol. The second-order valence-electron chi connectivity index (χ2n) is 7.24. The summed E-state index contributed by atoms with van der Waals surface area (Å²) in [5.41, 5.74) is 0.103. The lowest BCUT2D eigenvalue weighted by Gasteiger charge is -2.38. The normalized spacial score (nSPS) is 23.7. The van der Waals surface area contributed by atoms with E-state index in [4.69, 9.17) is 9.47 Å². The van der Waals surface area contributed by atoms with E-state index >= 15 is 0 Å². The van der Waals surface area contributed by atoms with Gasteiger partial charge in [0.15, 0.2) is 0 Å². The predicted octanol–water partition coefficient (Wildman–Crippen LogP) is 4.66. The van der Waals surface area contributed by atoms with E-state index in [1.54, 1.807) is 18.2 Å². The Hall–Kier alpha value is -2.06. The first-order chi connectivity index (χ1) is 12.4. The van der Waals surface area contributed by atoms with Crippen LogP contribution in [0.1, 0.15) is 65.4 Å². The second-order valence-corrected chi connectivity index (χ2v) is 7.24. The summed E-state index contributed by atoms with van der Waals surface area (Å²) in [5.74, 6) is 0.931. The van der Waals surface area contributed by atoms with Crippen LogP contribution in [0.2, 0.25) is 0 Å². The third-order valence-electron chi connectivity index (χ3n) is 5.06. The Morgan fingerprint density at radius 3 is 2.85 bits per heavy atom. The Morgan fingerprint density at radius 2 is 2.23 bits per heavy atom. The molecule has 2 rings (SSSR count). The number of hydrogen-bond donors (Lipinski definition) is 1. The summed E-state index contributed by atoms with van der Waals surface area (Å²) in [5, 5.41) is 12.4. The molecule has 0 heterocycles. The number of anilines is 1. The van der Waals surface area contributed by atoms with Crippen molar-refractivity contribution in [3.63, 3.8) is 0 Å². The molecule has 5 nitrogen and oxygen atoms in total. The molecule has 26 heavy (non-hydrogen) atoms. The van der Waals surface area contributed by atoms with Crippen LogP contribution in [0.15, 0.2) is 18.2 Å². The van der Waals surface area contributed by atoms with E-state index in [0.29, 0.717) is 42.4 Å². The van der Waals surface area contributed by atoms with Crippen LogP contribution in [0, 0.1) is 17.2 Å². The zero-order chi connectivity index (χ0) is 19.2. The van der Waals surface area contributed by atoms with Crippen LogP contribution in [0.4, 0.5) is 5.69 Å². The van der Waals surface area contributed by atoms with Crippen molar-refractivity contribution < 1.29 is 14.3 Å². The lowest BCUT2D eigenvalue weighted by molar-refractivity contribution is -0.147. The maximum atomic E-state index is 13.0. The van der Waals surface area contributed by atoms with Crippen molar-refractivity contribution >= 4 is 11.6 Å². The first-order valence-electron chi connectivity index (χ1n) is 9.60. The van der Waals surface area contributed by atoms with Crippen LogP contribution in [0.25, 0.3) is 0 Å². The van der Waals surface area contributed by atoms with Gasteiger partial charge in [0.05, 0.1) is 17.4 Å². The molecule has 0 aromatic heterocycles. The Labute approximate surface area is 156 Å². The van der Waals surface area contributed by atoms with E-state index in [9.17, 15) is 10.1 Å². The van der Waals surface area contributed by atoms with Crippen LogP contribution in [0.5, 0.6) is 5.75 Å². The Bertz CT molecular complexity index is 664. The Morgan fingerprint density at radius 1 is 1.46 bits per heavy atom. The topological polar surface area (TPSA) is 71.3 Å². The van der Waals surface area contributed by atoms with Crippen LogP contribution in [-0.2, 0) is 9.53 Å². The summed E-state index contributed by atoms with van der Waals surface area (Å²) in [6, 6.07) is 7.36. The standard InChI is InChI=1S/C21H30N2O3/c1-5-16(4)26-18-9-10-19(17(12-18)14-22)23-20(24)21(25-6-2)11-7-8-15(3)13-21/h9-10,12,15-16H,5-8,11,13H2,1-4H3,(H,23,24)/t15-,16+,21-/m1/s1. The molecule has 1 N–H and O–H groups in total. The first kappa shape index (κ1) is 20.3. The summed E-state index contributed by atoms with van der Waals surface area (Å²) in [6.45, 7) is 8.59. The second kappa shape index (κ2) is 9.05. The molecule has 3 atom stereocenters. The fraction of sp³-hybridized carbons (Fsp3) is 0.619. The summed E-state index contributed by atoms with van der Waals surface area (Å²) in [7, 11) is 0. The number of ether oxygens (including phenoxy) is 2. The van der Waals surface area contributed by atoms with Crippen LogP contribution >= 0.6 is 0 Å². The van der Waals surface area contributed by atoms with Gasteiger partial charge in [-0.1, -0.05) is 20.3 Å². The van der Waals surface area contributed by atoms with E-state index in [1.165, 1.54) is 0 Å². The van der Waals surface area contributed by atoms with E-state index in [1.807, 2.05) is 20.8 Å².